The van der Waals surface area contributed by atoms with Crippen LogP contribution in [0.5, 0.6) is 11.5 Å². The predicted molar refractivity (Wildman–Crippen MR) is 96.9 cm³/mol. The van der Waals surface area contributed by atoms with Crippen LogP contribution in [0.2, 0.25) is 0 Å². The van der Waals surface area contributed by atoms with Crippen LogP contribution in [0.1, 0.15) is 15.9 Å². The molecule has 0 N–H and O–H groups in total. The molecule has 0 aliphatic carbocycles. The Kier molecular flexibility index (Phi) is 4.62. The maximum atomic E-state index is 12.3. The van der Waals surface area contributed by atoms with Crippen molar-refractivity contribution in [3.05, 3.63) is 77.9 Å². The van der Waals surface area contributed by atoms with Gasteiger partial charge in [0.25, 0.3) is 0 Å². The molecule has 0 spiro atoms. The maximum absolute atomic E-state index is 12.3. The number of allylic oxidation sites excluding steroid dienone is 1. The van der Waals surface area contributed by atoms with Crippen molar-refractivity contribution < 1.29 is 14.3 Å². The van der Waals surface area contributed by atoms with Gasteiger partial charge >= 0.3 is 0 Å². The Morgan fingerprint density at radius 3 is 2.33 bits per heavy atom. The van der Waals surface area contributed by atoms with Crippen molar-refractivity contribution in [3.63, 3.8) is 0 Å². The van der Waals surface area contributed by atoms with Gasteiger partial charge < -0.3 is 9.47 Å². The van der Waals surface area contributed by atoms with Crippen molar-refractivity contribution in [2.75, 3.05) is 14.2 Å². The van der Waals surface area contributed by atoms with Gasteiger partial charge in [0.2, 0.25) is 0 Å². The summed E-state index contributed by atoms with van der Waals surface area (Å²) in [5, 5.41) is 2.13. The van der Waals surface area contributed by atoms with Crippen molar-refractivity contribution in [1.29, 1.82) is 0 Å². The lowest BCUT2D eigenvalue weighted by atomic mass is 10.0. The third kappa shape index (κ3) is 3.15. The molecule has 0 radical (unpaired) electrons. The molecule has 0 amide bonds. The molecule has 0 aliphatic rings. The van der Waals surface area contributed by atoms with Crippen molar-refractivity contribution in [3.8, 4) is 11.5 Å². The molecule has 24 heavy (non-hydrogen) atoms. The zero-order chi connectivity index (χ0) is 16.9. The van der Waals surface area contributed by atoms with Crippen molar-refractivity contribution in [1.82, 2.24) is 0 Å². The van der Waals surface area contributed by atoms with Crippen LogP contribution in [0.3, 0.4) is 0 Å². The fourth-order valence-corrected chi connectivity index (χ4v) is 2.64. The molecule has 0 bridgehead atoms. The predicted octanol–water partition coefficient (Wildman–Crippen LogP) is 4.75. The zero-order valence-electron chi connectivity index (χ0n) is 13.7. The van der Waals surface area contributed by atoms with Crippen LogP contribution in [-0.2, 0) is 0 Å². The zero-order valence-corrected chi connectivity index (χ0v) is 13.7. The van der Waals surface area contributed by atoms with E-state index in [1.807, 2.05) is 36.4 Å². The van der Waals surface area contributed by atoms with Gasteiger partial charge in [0, 0.05) is 16.5 Å². The molecule has 0 saturated carbocycles. The van der Waals surface area contributed by atoms with Crippen molar-refractivity contribution in [2.45, 2.75) is 0 Å². The fraction of sp³-hybridized carbons (Fsp3) is 0.0952. The van der Waals surface area contributed by atoms with E-state index in [2.05, 4.69) is 0 Å². The van der Waals surface area contributed by atoms with Gasteiger partial charge in [0.15, 0.2) is 5.78 Å². The molecule has 3 aromatic rings. The molecule has 3 heteroatoms. The lowest BCUT2D eigenvalue weighted by molar-refractivity contribution is 0.104. The van der Waals surface area contributed by atoms with E-state index in [0.29, 0.717) is 5.56 Å². The Morgan fingerprint density at radius 2 is 1.62 bits per heavy atom. The Balaban J connectivity index is 1.90. The van der Waals surface area contributed by atoms with E-state index < -0.39 is 0 Å². The molecule has 0 unspecified atom stereocenters. The SMILES string of the molecule is COc1ccc(C(=O)/C=C/c2ccc3ccccc3c2OC)cc1. The minimum absolute atomic E-state index is 0.0622. The summed E-state index contributed by atoms with van der Waals surface area (Å²) in [4.78, 5) is 12.3. The smallest absolute Gasteiger partial charge is 0.185 e. The normalized spacial score (nSPS) is 10.9. The van der Waals surface area contributed by atoms with Gasteiger partial charge in [-0.2, -0.15) is 0 Å². The Hall–Kier alpha value is -3.07. The second-order valence-electron chi connectivity index (χ2n) is 5.34. The van der Waals surface area contributed by atoms with Crippen LogP contribution in [-0.4, -0.2) is 20.0 Å². The van der Waals surface area contributed by atoms with Crippen LogP contribution >= 0.6 is 0 Å². The number of rotatable bonds is 5. The minimum Gasteiger partial charge on any atom is -0.497 e. The second kappa shape index (κ2) is 7.01. The van der Waals surface area contributed by atoms with E-state index in [9.17, 15) is 4.79 Å². The lowest BCUT2D eigenvalue weighted by Crippen LogP contribution is -1.95. The monoisotopic (exact) mass is 318 g/mol. The maximum Gasteiger partial charge on any atom is 0.185 e. The molecule has 120 valence electrons. The Labute approximate surface area is 141 Å². The lowest BCUT2D eigenvalue weighted by Gasteiger charge is -2.09. The molecule has 3 aromatic carbocycles. The molecule has 3 rings (SSSR count). The van der Waals surface area contributed by atoms with E-state index >= 15 is 0 Å². The topological polar surface area (TPSA) is 35.5 Å². The number of carbonyl (C=O) groups excluding carboxylic acids is 1. The average molecular weight is 318 g/mol. The fourth-order valence-electron chi connectivity index (χ4n) is 2.64. The summed E-state index contributed by atoms with van der Waals surface area (Å²) >= 11 is 0. The van der Waals surface area contributed by atoms with Crippen LogP contribution < -0.4 is 9.47 Å². The summed E-state index contributed by atoms with van der Waals surface area (Å²) in [6.45, 7) is 0. The first kappa shape index (κ1) is 15.8. The van der Waals surface area contributed by atoms with Gasteiger partial charge in [-0.15, -0.1) is 0 Å². The van der Waals surface area contributed by atoms with Gasteiger partial charge in [-0.3, -0.25) is 4.79 Å². The second-order valence-corrected chi connectivity index (χ2v) is 5.34. The first-order chi connectivity index (χ1) is 11.7. The number of carbonyl (C=O) groups is 1. The molecule has 0 saturated heterocycles. The summed E-state index contributed by atoms with van der Waals surface area (Å²) in [5.74, 6) is 1.44. The summed E-state index contributed by atoms with van der Waals surface area (Å²) in [6, 6.07) is 19.0. The Morgan fingerprint density at radius 1 is 0.875 bits per heavy atom. The summed E-state index contributed by atoms with van der Waals surface area (Å²) in [6.07, 6.45) is 3.35. The highest BCUT2D eigenvalue weighted by atomic mass is 16.5. The number of benzene rings is 3. The highest BCUT2D eigenvalue weighted by Gasteiger charge is 2.07. The van der Waals surface area contributed by atoms with Crippen LogP contribution in [0.4, 0.5) is 0 Å². The number of ether oxygens (including phenoxy) is 2. The van der Waals surface area contributed by atoms with E-state index in [-0.39, 0.29) is 5.78 Å². The molecule has 0 aliphatic heterocycles. The van der Waals surface area contributed by atoms with E-state index in [0.717, 1.165) is 27.8 Å². The van der Waals surface area contributed by atoms with Crippen LogP contribution in [0.25, 0.3) is 16.8 Å². The quantitative estimate of drug-likeness (QED) is 0.503. The highest BCUT2D eigenvalue weighted by molar-refractivity contribution is 6.07. The van der Waals surface area contributed by atoms with Crippen LogP contribution in [0.15, 0.2) is 66.7 Å². The molecule has 0 heterocycles. The largest absolute Gasteiger partial charge is 0.497 e. The average Bonchev–Trinajstić information content (AvgIpc) is 2.65. The van der Waals surface area contributed by atoms with Crippen molar-refractivity contribution in [2.24, 2.45) is 0 Å². The molecular weight excluding hydrogens is 300 g/mol. The number of hydrogen-bond acceptors (Lipinski definition) is 3. The molecule has 3 nitrogen and oxygen atoms in total. The molecule has 0 atom stereocenters. The number of hydrogen-bond donors (Lipinski definition) is 0. The van der Waals surface area contributed by atoms with E-state index in [4.69, 9.17) is 9.47 Å². The number of ketones is 1. The first-order valence-corrected chi connectivity index (χ1v) is 7.65. The minimum atomic E-state index is -0.0622. The van der Waals surface area contributed by atoms with Gasteiger partial charge in [-0.25, -0.2) is 0 Å². The van der Waals surface area contributed by atoms with Gasteiger partial charge in [0.1, 0.15) is 11.5 Å². The van der Waals surface area contributed by atoms with E-state index in [1.165, 1.54) is 0 Å². The molecular formula is C21H18O3. The summed E-state index contributed by atoms with van der Waals surface area (Å²) in [7, 11) is 3.24. The van der Waals surface area contributed by atoms with E-state index in [1.54, 1.807) is 50.6 Å². The third-order valence-electron chi connectivity index (χ3n) is 3.90. The summed E-state index contributed by atoms with van der Waals surface area (Å²) < 4.78 is 10.7. The first-order valence-electron chi connectivity index (χ1n) is 7.65. The van der Waals surface area contributed by atoms with Gasteiger partial charge in [0.05, 0.1) is 14.2 Å². The number of methoxy groups -OCH3 is 2. The van der Waals surface area contributed by atoms with Gasteiger partial charge in [-0.1, -0.05) is 36.4 Å². The highest BCUT2D eigenvalue weighted by Crippen LogP contribution is 2.30. The third-order valence-corrected chi connectivity index (χ3v) is 3.90. The van der Waals surface area contributed by atoms with Crippen LogP contribution in [0, 0.1) is 0 Å². The van der Waals surface area contributed by atoms with Gasteiger partial charge in [-0.05, 0) is 41.8 Å². The molecule has 0 aromatic heterocycles. The van der Waals surface area contributed by atoms with Crippen molar-refractivity contribution >= 4 is 22.6 Å². The molecule has 0 fully saturated rings. The Bertz CT molecular complexity index is 893. The number of fused-ring (bicyclic) bond motifs is 1. The summed E-state index contributed by atoms with van der Waals surface area (Å²) in [5.41, 5.74) is 1.49. The standard InChI is InChI=1S/C21H18O3/c1-23-18-12-9-16(10-13-18)20(22)14-11-17-8-7-15-5-3-4-6-19(15)21(17)24-2/h3-14H,1-2H3/b14-11+.